The standard InChI is InChI=1S/C27H28N6OS3/c1-18(2)33(37(34)24-8-4-13-35-24)23-7-3-6-19-14-22(31-25(19)23)27-30-15-21(36-27)17-32-12-9-20(16-32)26-28-10-5-11-29-26/h3-8,10-11,13-15,18,20,31H,9,12,16-17H2,1-2H3. The summed E-state index contributed by atoms with van der Waals surface area (Å²) in [4.78, 5) is 20.9. The number of rotatable bonds is 8. The van der Waals surface area contributed by atoms with Crippen LogP contribution in [0.15, 0.2) is 70.6 Å². The number of fused-ring (bicyclic) bond motifs is 1. The molecular formula is C27H28N6OS3. The Labute approximate surface area is 226 Å². The molecule has 1 aromatic carbocycles. The highest BCUT2D eigenvalue weighted by Gasteiger charge is 2.27. The van der Waals surface area contributed by atoms with Gasteiger partial charge in [0.25, 0.3) is 0 Å². The van der Waals surface area contributed by atoms with Crippen LogP contribution in [0.25, 0.3) is 21.6 Å². The quantitative estimate of drug-likeness (QED) is 0.255. The fourth-order valence-corrected chi connectivity index (χ4v) is 8.11. The van der Waals surface area contributed by atoms with Gasteiger partial charge >= 0.3 is 0 Å². The molecule has 1 saturated heterocycles. The minimum atomic E-state index is -1.27. The monoisotopic (exact) mass is 548 g/mol. The number of benzene rings is 1. The van der Waals surface area contributed by atoms with E-state index in [0.29, 0.717) is 5.92 Å². The maximum absolute atomic E-state index is 13.5. The zero-order valence-electron chi connectivity index (χ0n) is 20.7. The first-order valence-electron chi connectivity index (χ1n) is 12.4. The molecule has 1 fully saturated rings. The van der Waals surface area contributed by atoms with E-state index in [2.05, 4.69) is 45.8 Å². The maximum atomic E-state index is 13.5. The normalized spacial score (nSPS) is 17.1. The Morgan fingerprint density at radius 2 is 2.03 bits per heavy atom. The Balaban J connectivity index is 1.23. The van der Waals surface area contributed by atoms with Crippen LogP contribution in [-0.4, -0.2) is 48.2 Å². The molecule has 1 aliphatic rings. The third-order valence-corrected chi connectivity index (χ3v) is 10.4. The van der Waals surface area contributed by atoms with Crippen molar-refractivity contribution in [1.82, 2.24) is 24.8 Å². The first-order chi connectivity index (χ1) is 18.1. The van der Waals surface area contributed by atoms with Crippen molar-refractivity contribution in [2.24, 2.45) is 0 Å². The fraction of sp³-hybridized carbons (Fsp3) is 0.296. The summed E-state index contributed by atoms with van der Waals surface area (Å²) in [5, 5.41) is 4.02. The molecule has 2 atom stereocenters. The smallest absolute Gasteiger partial charge is 0.163 e. The Kier molecular flexibility index (Phi) is 6.90. The molecule has 1 aliphatic heterocycles. The van der Waals surface area contributed by atoms with E-state index in [0.717, 1.165) is 63.4 Å². The number of aromatic nitrogens is 4. The predicted octanol–water partition coefficient (Wildman–Crippen LogP) is 6.07. The van der Waals surface area contributed by atoms with Gasteiger partial charge in [-0.15, -0.1) is 22.7 Å². The van der Waals surface area contributed by atoms with Crippen molar-refractivity contribution in [1.29, 1.82) is 0 Å². The molecule has 0 radical (unpaired) electrons. The molecule has 37 heavy (non-hydrogen) atoms. The average molecular weight is 549 g/mol. The topological polar surface area (TPSA) is 78.0 Å². The summed E-state index contributed by atoms with van der Waals surface area (Å²) in [6.07, 6.45) is 6.73. The number of nitrogens with one attached hydrogen (secondary N) is 1. The Bertz CT molecular complexity index is 1510. The lowest BCUT2D eigenvalue weighted by molar-refractivity contribution is 0.328. The molecule has 7 nitrogen and oxygen atoms in total. The van der Waals surface area contributed by atoms with Crippen LogP contribution in [0.1, 0.15) is 36.9 Å². The first kappa shape index (κ1) is 24.4. The number of thiophene rings is 1. The molecule has 5 aromatic rings. The van der Waals surface area contributed by atoms with E-state index in [1.54, 1.807) is 11.3 Å². The van der Waals surface area contributed by atoms with Crippen molar-refractivity contribution in [3.8, 4) is 10.7 Å². The number of hydrogen-bond acceptors (Lipinski definition) is 7. The molecule has 0 bridgehead atoms. The number of thiazole rings is 1. The summed E-state index contributed by atoms with van der Waals surface area (Å²) in [5.41, 5.74) is 2.91. The zero-order chi connectivity index (χ0) is 25.4. The molecule has 2 unspecified atom stereocenters. The van der Waals surface area contributed by atoms with Gasteiger partial charge in [0.1, 0.15) is 15.0 Å². The number of aromatic amines is 1. The van der Waals surface area contributed by atoms with E-state index in [9.17, 15) is 4.21 Å². The number of hydrogen-bond donors (Lipinski definition) is 1. The second-order valence-electron chi connectivity index (χ2n) is 9.48. The van der Waals surface area contributed by atoms with E-state index >= 15 is 0 Å². The lowest BCUT2D eigenvalue weighted by Crippen LogP contribution is -2.32. The molecule has 190 valence electrons. The highest BCUT2D eigenvalue weighted by Crippen LogP contribution is 2.36. The van der Waals surface area contributed by atoms with Crippen molar-refractivity contribution in [2.45, 2.75) is 43.0 Å². The van der Waals surface area contributed by atoms with E-state index in [-0.39, 0.29) is 6.04 Å². The van der Waals surface area contributed by atoms with E-state index in [4.69, 9.17) is 4.98 Å². The first-order valence-corrected chi connectivity index (χ1v) is 15.2. The second kappa shape index (κ2) is 10.4. The van der Waals surface area contributed by atoms with Gasteiger partial charge in [-0.3, -0.25) is 9.21 Å². The fourth-order valence-electron chi connectivity index (χ4n) is 4.89. The van der Waals surface area contributed by atoms with Crippen LogP contribution in [0.2, 0.25) is 0 Å². The van der Waals surface area contributed by atoms with Gasteiger partial charge in [0.2, 0.25) is 0 Å². The van der Waals surface area contributed by atoms with Gasteiger partial charge in [-0.2, -0.15) is 0 Å². The molecular weight excluding hydrogens is 521 g/mol. The zero-order valence-corrected chi connectivity index (χ0v) is 23.2. The largest absolute Gasteiger partial charge is 0.351 e. The minimum absolute atomic E-state index is 0.0670. The summed E-state index contributed by atoms with van der Waals surface area (Å²) < 4.78 is 16.3. The van der Waals surface area contributed by atoms with Crippen LogP contribution in [0.4, 0.5) is 5.69 Å². The summed E-state index contributed by atoms with van der Waals surface area (Å²) in [7, 11) is -1.27. The molecule has 1 N–H and O–H groups in total. The van der Waals surface area contributed by atoms with Crippen LogP contribution < -0.4 is 4.31 Å². The minimum Gasteiger partial charge on any atom is -0.351 e. The molecule has 0 spiro atoms. The third kappa shape index (κ3) is 4.98. The van der Waals surface area contributed by atoms with Gasteiger partial charge in [-0.1, -0.05) is 18.2 Å². The predicted molar refractivity (Wildman–Crippen MR) is 152 cm³/mol. The van der Waals surface area contributed by atoms with E-state index in [1.165, 1.54) is 16.2 Å². The van der Waals surface area contributed by atoms with E-state index in [1.807, 2.05) is 58.6 Å². The summed E-state index contributed by atoms with van der Waals surface area (Å²) >= 11 is 3.24. The summed E-state index contributed by atoms with van der Waals surface area (Å²) in [6.45, 7) is 7.05. The Morgan fingerprint density at radius 3 is 2.81 bits per heavy atom. The van der Waals surface area contributed by atoms with Crippen molar-refractivity contribution in [3.05, 3.63) is 77.1 Å². The van der Waals surface area contributed by atoms with Gasteiger partial charge in [-0.25, -0.2) is 19.2 Å². The van der Waals surface area contributed by atoms with Crippen LogP contribution in [0.3, 0.4) is 0 Å². The maximum Gasteiger partial charge on any atom is 0.163 e. The van der Waals surface area contributed by atoms with Crippen LogP contribution >= 0.6 is 22.7 Å². The van der Waals surface area contributed by atoms with Crippen molar-refractivity contribution < 1.29 is 4.21 Å². The summed E-state index contributed by atoms with van der Waals surface area (Å²) in [5.74, 6) is 1.34. The van der Waals surface area contributed by atoms with Crippen LogP contribution in [0, 0.1) is 0 Å². The molecule has 0 saturated carbocycles. The number of anilines is 1. The Hall–Kier alpha value is -2.92. The SMILES string of the molecule is CC(C)N(c1cccc2cc(-c3ncc(CN4CCC(c5ncccn5)C4)s3)[nH]c12)S(=O)c1cccs1. The van der Waals surface area contributed by atoms with Crippen molar-refractivity contribution >= 4 is 50.2 Å². The van der Waals surface area contributed by atoms with E-state index < -0.39 is 11.0 Å². The molecule has 6 rings (SSSR count). The van der Waals surface area contributed by atoms with Crippen molar-refractivity contribution in [3.63, 3.8) is 0 Å². The lowest BCUT2D eigenvalue weighted by atomic mass is 10.1. The third-order valence-electron chi connectivity index (χ3n) is 6.57. The number of nitrogens with zero attached hydrogens (tertiary/aromatic N) is 5. The van der Waals surface area contributed by atoms with Crippen molar-refractivity contribution in [2.75, 3.05) is 17.4 Å². The van der Waals surface area contributed by atoms with Gasteiger partial charge in [-0.05, 0) is 56.5 Å². The van der Waals surface area contributed by atoms with Gasteiger partial charge in [0.05, 0.1) is 16.9 Å². The molecule has 0 amide bonds. The molecule has 4 aromatic heterocycles. The Morgan fingerprint density at radius 1 is 1.16 bits per heavy atom. The van der Waals surface area contributed by atoms with Gasteiger partial charge < -0.3 is 4.98 Å². The highest BCUT2D eigenvalue weighted by atomic mass is 32.2. The van der Waals surface area contributed by atoms with Crippen LogP contribution in [0.5, 0.6) is 0 Å². The van der Waals surface area contributed by atoms with Crippen LogP contribution in [-0.2, 0) is 17.5 Å². The molecule has 0 aliphatic carbocycles. The van der Waals surface area contributed by atoms with Gasteiger partial charge in [0, 0.05) is 53.9 Å². The highest BCUT2D eigenvalue weighted by molar-refractivity contribution is 7.88. The number of H-pyrrole nitrogens is 1. The number of para-hydroxylation sites is 1. The summed E-state index contributed by atoms with van der Waals surface area (Å²) in [6, 6.07) is 14.1. The molecule has 5 heterocycles. The van der Waals surface area contributed by atoms with Gasteiger partial charge in [0.15, 0.2) is 11.0 Å². The number of likely N-dealkylation sites (tertiary alicyclic amines) is 1. The lowest BCUT2D eigenvalue weighted by Gasteiger charge is -2.27. The molecule has 10 heteroatoms. The second-order valence-corrected chi connectivity index (χ2v) is 13.1. The average Bonchev–Trinajstić information content (AvgIpc) is 3.72.